The third-order valence-electron chi connectivity index (χ3n) is 4.78. The second-order valence-corrected chi connectivity index (χ2v) is 8.32. The van der Waals surface area contributed by atoms with E-state index in [2.05, 4.69) is 4.98 Å². The number of carbonyl (C=O) groups excluding carboxylic acids is 1. The van der Waals surface area contributed by atoms with Crippen molar-refractivity contribution in [3.8, 4) is 0 Å². The van der Waals surface area contributed by atoms with E-state index in [4.69, 9.17) is 0 Å². The van der Waals surface area contributed by atoms with Gasteiger partial charge in [-0.2, -0.15) is 4.31 Å². The van der Waals surface area contributed by atoms with Gasteiger partial charge in [-0.3, -0.25) is 9.78 Å². The molecule has 0 N–H and O–H groups in total. The van der Waals surface area contributed by atoms with Crippen molar-refractivity contribution in [2.45, 2.75) is 4.90 Å². The van der Waals surface area contributed by atoms with Crippen LogP contribution in [0.15, 0.2) is 71.8 Å². The predicted octanol–water partition coefficient (Wildman–Crippen LogP) is 2.38. The summed E-state index contributed by atoms with van der Waals surface area (Å²) in [6, 6.07) is 17.6. The van der Waals surface area contributed by atoms with E-state index in [0.29, 0.717) is 18.7 Å². The lowest BCUT2D eigenvalue weighted by Crippen LogP contribution is -2.50. The summed E-state index contributed by atoms with van der Waals surface area (Å²) in [7, 11) is -3.53. The zero-order valence-electron chi connectivity index (χ0n) is 14.7. The van der Waals surface area contributed by atoms with Crippen LogP contribution in [0.25, 0.3) is 10.9 Å². The second-order valence-electron chi connectivity index (χ2n) is 6.39. The zero-order valence-corrected chi connectivity index (χ0v) is 15.5. The molecule has 0 bridgehead atoms. The molecule has 3 aromatic rings. The molecule has 0 atom stereocenters. The van der Waals surface area contributed by atoms with Crippen LogP contribution in [-0.4, -0.2) is 54.7 Å². The Bertz CT molecular complexity index is 1070. The van der Waals surface area contributed by atoms with E-state index in [-0.39, 0.29) is 23.9 Å². The van der Waals surface area contributed by atoms with Gasteiger partial charge in [-0.1, -0.05) is 30.3 Å². The maximum Gasteiger partial charge on any atom is 0.254 e. The molecule has 6 nitrogen and oxygen atoms in total. The molecule has 0 spiro atoms. The van der Waals surface area contributed by atoms with Crippen molar-refractivity contribution < 1.29 is 13.2 Å². The number of hydrogen-bond donors (Lipinski definition) is 0. The molecule has 1 amide bonds. The number of nitrogens with zero attached hydrogens (tertiary/aromatic N) is 3. The van der Waals surface area contributed by atoms with Gasteiger partial charge in [0, 0.05) is 43.3 Å². The van der Waals surface area contributed by atoms with Crippen molar-refractivity contribution >= 4 is 26.8 Å². The molecule has 138 valence electrons. The number of hydrogen-bond acceptors (Lipinski definition) is 4. The van der Waals surface area contributed by atoms with E-state index in [1.807, 2.05) is 24.3 Å². The van der Waals surface area contributed by atoms with Crippen molar-refractivity contribution in [3.05, 3.63) is 72.4 Å². The largest absolute Gasteiger partial charge is 0.336 e. The fraction of sp³-hybridized carbons (Fsp3) is 0.200. The average Bonchev–Trinajstić information content (AvgIpc) is 2.73. The summed E-state index contributed by atoms with van der Waals surface area (Å²) in [5.41, 5.74) is 1.37. The van der Waals surface area contributed by atoms with E-state index < -0.39 is 10.0 Å². The van der Waals surface area contributed by atoms with Crippen molar-refractivity contribution in [3.63, 3.8) is 0 Å². The van der Waals surface area contributed by atoms with Gasteiger partial charge in [0.05, 0.1) is 10.4 Å². The Morgan fingerprint density at radius 1 is 0.852 bits per heavy atom. The first-order valence-electron chi connectivity index (χ1n) is 8.75. The monoisotopic (exact) mass is 381 g/mol. The van der Waals surface area contributed by atoms with Crippen molar-refractivity contribution in [2.75, 3.05) is 26.2 Å². The first kappa shape index (κ1) is 17.6. The van der Waals surface area contributed by atoms with Crippen LogP contribution in [0.5, 0.6) is 0 Å². The molecule has 2 aromatic carbocycles. The molecule has 0 unspecified atom stereocenters. The molecule has 2 heterocycles. The van der Waals surface area contributed by atoms with Crippen LogP contribution in [0.2, 0.25) is 0 Å². The Balaban J connectivity index is 1.52. The lowest BCUT2D eigenvalue weighted by atomic mass is 10.1. The van der Waals surface area contributed by atoms with Gasteiger partial charge in [0.1, 0.15) is 0 Å². The Kier molecular flexibility index (Phi) is 4.63. The first-order valence-corrected chi connectivity index (χ1v) is 10.2. The van der Waals surface area contributed by atoms with Crippen LogP contribution in [0, 0.1) is 0 Å². The minimum absolute atomic E-state index is 0.0923. The van der Waals surface area contributed by atoms with Crippen molar-refractivity contribution in [1.82, 2.24) is 14.2 Å². The number of sulfonamides is 1. The molecule has 4 rings (SSSR count). The fourth-order valence-corrected chi connectivity index (χ4v) is 4.78. The molecule has 0 saturated carbocycles. The highest BCUT2D eigenvalue weighted by Gasteiger charge is 2.30. The maximum absolute atomic E-state index is 13.0. The number of aromatic nitrogens is 1. The Labute approximate surface area is 158 Å². The van der Waals surface area contributed by atoms with Gasteiger partial charge in [0.2, 0.25) is 10.0 Å². The summed E-state index contributed by atoms with van der Waals surface area (Å²) < 4.78 is 26.9. The summed E-state index contributed by atoms with van der Waals surface area (Å²) in [5.74, 6) is -0.0923. The van der Waals surface area contributed by atoms with Crippen LogP contribution >= 0.6 is 0 Å². The van der Waals surface area contributed by atoms with Gasteiger partial charge < -0.3 is 4.90 Å². The van der Waals surface area contributed by atoms with E-state index in [9.17, 15) is 13.2 Å². The van der Waals surface area contributed by atoms with E-state index >= 15 is 0 Å². The standard InChI is InChI=1S/C20H19N3O3S/c24-20(18-8-4-10-19-17(18)9-5-11-21-19)22-12-14-23(15-13-22)27(25,26)16-6-2-1-3-7-16/h1-11H,12-15H2. The first-order chi connectivity index (χ1) is 13.1. The number of rotatable bonds is 3. The average molecular weight is 381 g/mol. The lowest BCUT2D eigenvalue weighted by molar-refractivity contribution is 0.0700. The molecule has 27 heavy (non-hydrogen) atoms. The summed E-state index contributed by atoms with van der Waals surface area (Å²) >= 11 is 0. The molecule has 7 heteroatoms. The Hall–Kier alpha value is -2.77. The van der Waals surface area contributed by atoms with Crippen LogP contribution < -0.4 is 0 Å². The van der Waals surface area contributed by atoms with E-state index in [0.717, 1.165) is 10.9 Å². The van der Waals surface area contributed by atoms with Crippen LogP contribution in [0.4, 0.5) is 0 Å². The zero-order chi connectivity index (χ0) is 18.9. The number of amides is 1. The van der Waals surface area contributed by atoms with E-state index in [1.165, 1.54) is 4.31 Å². The van der Waals surface area contributed by atoms with Gasteiger partial charge in [-0.15, -0.1) is 0 Å². The van der Waals surface area contributed by atoms with Gasteiger partial charge in [0.15, 0.2) is 0 Å². The predicted molar refractivity (Wildman–Crippen MR) is 103 cm³/mol. The topological polar surface area (TPSA) is 70.6 Å². The van der Waals surface area contributed by atoms with Crippen LogP contribution in [0.1, 0.15) is 10.4 Å². The Morgan fingerprint density at radius 3 is 2.33 bits per heavy atom. The Morgan fingerprint density at radius 2 is 1.59 bits per heavy atom. The highest BCUT2D eigenvalue weighted by molar-refractivity contribution is 7.89. The molecule has 1 fully saturated rings. The van der Waals surface area contributed by atoms with Gasteiger partial charge in [0.25, 0.3) is 5.91 Å². The molecular weight excluding hydrogens is 362 g/mol. The van der Waals surface area contributed by atoms with E-state index in [1.54, 1.807) is 47.5 Å². The number of carbonyl (C=O) groups is 1. The minimum Gasteiger partial charge on any atom is -0.336 e. The lowest BCUT2D eigenvalue weighted by Gasteiger charge is -2.34. The molecular formula is C20H19N3O3S. The SMILES string of the molecule is O=C(c1cccc2ncccc12)N1CCN(S(=O)(=O)c2ccccc2)CC1. The highest BCUT2D eigenvalue weighted by atomic mass is 32.2. The summed E-state index contributed by atoms with van der Waals surface area (Å²) in [6.45, 7) is 1.29. The maximum atomic E-state index is 13.0. The summed E-state index contributed by atoms with van der Waals surface area (Å²) in [4.78, 5) is 19.2. The number of piperazine rings is 1. The fourth-order valence-electron chi connectivity index (χ4n) is 3.33. The quantitative estimate of drug-likeness (QED) is 0.698. The number of fused-ring (bicyclic) bond motifs is 1. The third kappa shape index (κ3) is 3.31. The van der Waals surface area contributed by atoms with Gasteiger partial charge in [-0.05, 0) is 30.3 Å². The third-order valence-corrected chi connectivity index (χ3v) is 6.70. The van der Waals surface area contributed by atoms with Crippen molar-refractivity contribution in [2.24, 2.45) is 0 Å². The molecule has 0 radical (unpaired) electrons. The summed E-state index contributed by atoms with van der Waals surface area (Å²) in [5, 5.41) is 0.810. The minimum atomic E-state index is -3.53. The molecule has 1 aromatic heterocycles. The second kappa shape index (κ2) is 7.09. The molecule has 1 saturated heterocycles. The number of benzene rings is 2. The van der Waals surface area contributed by atoms with Crippen molar-refractivity contribution in [1.29, 1.82) is 0 Å². The van der Waals surface area contributed by atoms with Gasteiger partial charge >= 0.3 is 0 Å². The molecule has 0 aliphatic carbocycles. The normalized spacial score (nSPS) is 15.8. The molecule has 1 aliphatic rings. The van der Waals surface area contributed by atoms with Crippen LogP contribution in [0.3, 0.4) is 0 Å². The smallest absolute Gasteiger partial charge is 0.254 e. The highest BCUT2D eigenvalue weighted by Crippen LogP contribution is 2.21. The van der Waals surface area contributed by atoms with Gasteiger partial charge in [-0.25, -0.2) is 8.42 Å². The van der Waals surface area contributed by atoms with Crippen LogP contribution in [-0.2, 0) is 10.0 Å². The molecule has 1 aliphatic heterocycles. The number of pyridine rings is 1. The summed E-state index contributed by atoms with van der Waals surface area (Å²) in [6.07, 6.45) is 1.70.